The van der Waals surface area contributed by atoms with Gasteiger partial charge in [-0.25, -0.2) is 4.79 Å². The number of carboxylic acid groups (broad SMARTS) is 1. The molecule has 6 heteroatoms. The van der Waals surface area contributed by atoms with E-state index in [1.165, 1.54) is 4.90 Å². The predicted octanol–water partition coefficient (Wildman–Crippen LogP) is 1.42. The maximum absolute atomic E-state index is 12.6. The number of nitrogens with zero attached hydrogens (tertiary/aromatic N) is 2. The van der Waals surface area contributed by atoms with Gasteiger partial charge in [0.25, 0.3) is 0 Å². The fraction of sp³-hybridized carbons (Fsp3) is 0.714. The lowest BCUT2D eigenvalue weighted by Gasteiger charge is -2.39. The molecular formula is C14H24N2O4. The number of rotatable bonds is 4. The van der Waals surface area contributed by atoms with Crippen LogP contribution in [0.4, 0.5) is 4.79 Å². The lowest BCUT2D eigenvalue weighted by atomic mass is 10.0. The number of aliphatic carboxylic acids is 1. The van der Waals surface area contributed by atoms with Gasteiger partial charge < -0.3 is 19.6 Å². The Morgan fingerprint density at radius 3 is 2.45 bits per heavy atom. The van der Waals surface area contributed by atoms with Gasteiger partial charge in [0.05, 0.1) is 19.3 Å². The number of hydrogen-bond donors (Lipinski definition) is 1. The molecule has 1 fully saturated rings. The molecule has 0 aromatic carbocycles. The highest BCUT2D eigenvalue weighted by Crippen LogP contribution is 2.22. The van der Waals surface area contributed by atoms with Gasteiger partial charge in [0.1, 0.15) is 5.92 Å². The highest BCUT2D eigenvalue weighted by molar-refractivity contribution is 5.78. The molecule has 2 atom stereocenters. The van der Waals surface area contributed by atoms with Crippen LogP contribution in [0, 0.1) is 5.92 Å². The normalized spacial score (nSPS) is 22.4. The topological polar surface area (TPSA) is 70.1 Å². The van der Waals surface area contributed by atoms with E-state index in [1.54, 1.807) is 18.0 Å². The van der Waals surface area contributed by atoms with E-state index < -0.39 is 17.9 Å². The van der Waals surface area contributed by atoms with Gasteiger partial charge in [-0.3, -0.25) is 4.79 Å². The van der Waals surface area contributed by atoms with Crippen LogP contribution < -0.4 is 0 Å². The third kappa shape index (κ3) is 3.50. The second kappa shape index (κ2) is 6.26. The van der Waals surface area contributed by atoms with Crippen molar-refractivity contribution in [1.82, 2.24) is 9.80 Å². The number of ether oxygens (including phenoxy) is 1. The average molecular weight is 284 g/mol. The average Bonchev–Trinajstić information content (AvgIpc) is 2.81. The van der Waals surface area contributed by atoms with Crippen molar-refractivity contribution in [1.29, 1.82) is 0 Å². The highest BCUT2D eigenvalue weighted by atomic mass is 16.5. The summed E-state index contributed by atoms with van der Waals surface area (Å²) in [5.41, 5.74) is -0.363. The Morgan fingerprint density at radius 1 is 1.40 bits per heavy atom. The van der Waals surface area contributed by atoms with Crippen LogP contribution in [-0.2, 0) is 9.53 Å². The lowest BCUT2D eigenvalue weighted by molar-refractivity contribution is -0.142. The molecule has 1 rings (SSSR count). The Morgan fingerprint density at radius 2 is 2.00 bits per heavy atom. The maximum atomic E-state index is 12.6. The second-order valence-corrected chi connectivity index (χ2v) is 6.01. The summed E-state index contributed by atoms with van der Waals surface area (Å²) in [5, 5.41) is 9.17. The molecule has 2 unspecified atom stereocenters. The first kappa shape index (κ1) is 16.5. The molecule has 1 heterocycles. The van der Waals surface area contributed by atoms with Crippen LogP contribution in [0.2, 0.25) is 0 Å². The Labute approximate surface area is 120 Å². The van der Waals surface area contributed by atoms with E-state index in [2.05, 4.69) is 6.58 Å². The van der Waals surface area contributed by atoms with E-state index in [1.807, 2.05) is 20.8 Å². The van der Waals surface area contributed by atoms with Gasteiger partial charge in [0.15, 0.2) is 0 Å². The summed E-state index contributed by atoms with van der Waals surface area (Å²) < 4.78 is 5.21. The Bertz CT molecular complexity index is 389. The molecule has 0 aromatic heterocycles. The fourth-order valence-corrected chi connectivity index (χ4v) is 2.26. The van der Waals surface area contributed by atoms with Crippen LogP contribution in [0.5, 0.6) is 0 Å². The van der Waals surface area contributed by atoms with Crippen molar-refractivity contribution in [3.63, 3.8) is 0 Å². The molecule has 0 aromatic rings. The zero-order valence-electron chi connectivity index (χ0n) is 12.6. The smallest absolute Gasteiger partial charge is 0.320 e. The third-order valence-corrected chi connectivity index (χ3v) is 3.52. The molecular weight excluding hydrogens is 260 g/mol. The number of carbonyl (C=O) groups is 2. The summed E-state index contributed by atoms with van der Waals surface area (Å²) in [7, 11) is 1.62. The number of carbonyl (C=O) groups excluding carboxylic acids is 1. The number of hydrogen-bond acceptors (Lipinski definition) is 3. The molecule has 114 valence electrons. The van der Waals surface area contributed by atoms with Crippen molar-refractivity contribution in [3.8, 4) is 0 Å². The summed E-state index contributed by atoms with van der Waals surface area (Å²) in [4.78, 5) is 26.9. The first-order valence-electron chi connectivity index (χ1n) is 6.66. The Balaban J connectivity index is 2.88. The van der Waals surface area contributed by atoms with Crippen molar-refractivity contribution >= 4 is 12.0 Å². The van der Waals surface area contributed by atoms with E-state index in [0.717, 1.165) is 0 Å². The third-order valence-electron chi connectivity index (χ3n) is 3.52. The molecule has 2 amide bonds. The minimum absolute atomic E-state index is 0.147. The molecule has 0 radical (unpaired) electrons. The van der Waals surface area contributed by atoms with Crippen LogP contribution in [-0.4, -0.2) is 65.3 Å². The van der Waals surface area contributed by atoms with Crippen LogP contribution in [0.1, 0.15) is 20.8 Å². The van der Waals surface area contributed by atoms with Gasteiger partial charge in [0.2, 0.25) is 0 Å². The van der Waals surface area contributed by atoms with Gasteiger partial charge in [-0.2, -0.15) is 0 Å². The minimum atomic E-state index is -0.932. The second-order valence-electron chi connectivity index (χ2n) is 6.01. The molecule has 1 aliphatic heterocycles. The summed E-state index contributed by atoms with van der Waals surface area (Å²) in [6.07, 6.45) is 1.66. The van der Waals surface area contributed by atoms with Crippen molar-refractivity contribution < 1.29 is 19.4 Å². The SMILES string of the molecule is C=CCN(C(=O)N(C)C1COCC1C(=O)O)C(C)(C)C. The molecule has 6 nitrogen and oxygen atoms in total. The number of carboxylic acids is 1. The van der Waals surface area contributed by atoms with Crippen LogP contribution in [0.15, 0.2) is 12.7 Å². The van der Waals surface area contributed by atoms with Gasteiger partial charge in [0, 0.05) is 19.1 Å². The highest BCUT2D eigenvalue weighted by Gasteiger charge is 2.40. The van der Waals surface area contributed by atoms with Crippen LogP contribution in [0.25, 0.3) is 0 Å². The first-order valence-corrected chi connectivity index (χ1v) is 6.66. The van der Waals surface area contributed by atoms with Gasteiger partial charge >= 0.3 is 12.0 Å². The lowest BCUT2D eigenvalue weighted by Crippen LogP contribution is -2.55. The summed E-state index contributed by atoms with van der Waals surface area (Å²) in [5.74, 6) is -1.60. The number of urea groups is 1. The van der Waals surface area contributed by atoms with Crippen molar-refractivity contribution in [2.24, 2.45) is 5.92 Å². The maximum Gasteiger partial charge on any atom is 0.320 e. The Hall–Kier alpha value is -1.56. The number of likely N-dealkylation sites (N-methyl/N-ethyl adjacent to an activating group) is 1. The quantitative estimate of drug-likeness (QED) is 0.793. The molecule has 0 bridgehead atoms. The van der Waals surface area contributed by atoms with Crippen LogP contribution >= 0.6 is 0 Å². The monoisotopic (exact) mass is 284 g/mol. The van der Waals surface area contributed by atoms with Crippen molar-refractivity contribution in [2.45, 2.75) is 32.4 Å². The molecule has 1 N–H and O–H groups in total. The Kier molecular flexibility index (Phi) is 5.16. The van der Waals surface area contributed by atoms with E-state index >= 15 is 0 Å². The predicted molar refractivity (Wildman–Crippen MR) is 75.5 cm³/mol. The van der Waals surface area contributed by atoms with Crippen LogP contribution in [0.3, 0.4) is 0 Å². The first-order chi connectivity index (χ1) is 9.20. The largest absolute Gasteiger partial charge is 0.481 e. The zero-order valence-corrected chi connectivity index (χ0v) is 12.6. The molecule has 0 aliphatic carbocycles. The zero-order chi connectivity index (χ0) is 15.5. The summed E-state index contributed by atoms with van der Waals surface area (Å²) in [6, 6.07) is -0.645. The molecule has 0 spiro atoms. The van der Waals surface area contributed by atoms with Gasteiger partial charge in [-0.15, -0.1) is 6.58 Å². The van der Waals surface area contributed by atoms with E-state index in [9.17, 15) is 9.59 Å². The summed E-state index contributed by atoms with van der Waals surface area (Å²) in [6.45, 7) is 10.3. The van der Waals surface area contributed by atoms with Gasteiger partial charge in [-0.1, -0.05) is 6.08 Å². The van der Waals surface area contributed by atoms with E-state index in [0.29, 0.717) is 6.54 Å². The van der Waals surface area contributed by atoms with Gasteiger partial charge in [-0.05, 0) is 20.8 Å². The molecule has 20 heavy (non-hydrogen) atoms. The standard InChI is InChI=1S/C14H24N2O4/c1-6-7-16(14(2,3)4)13(19)15(5)11-9-20-8-10(11)12(17)18/h6,10-11H,1,7-9H2,2-5H3,(H,17,18). The van der Waals surface area contributed by atoms with E-state index in [4.69, 9.17) is 9.84 Å². The summed E-state index contributed by atoms with van der Waals surface area (Å²) >= 11 is 0. The van der Waals surface area contributed by atoms with Crippen molar-refractivity contribution in [3.05, 3.63) is 12.7 Å². The number of amides is 2. The van der Waals surface area contributed by atoms with E-state index in [-0.39, 0.29) is 24.8 Å². The molecule has 0 saturated carbocycles. The minimum Gasteiger partial charge on any atom is -0.481 e. The molecule has 1 saturated heterocycles. The molecule has 1 aliphatic rings. The van der Waals surface area contributed by atoms with Crippen molar-refractivity contribution in [2.75, 3.05) is 26.8 Å². The fourth-order valence-electron chi connectivity index (χ4n) is 2.26.